The number of nitrogens with zero attached hydrogens (tertiary/aromatic N) is 3. The van der Waals surface area contributed by atoms with Crippen LogP contribution in [0.3, 0.4) is 0 Å². The molecule has 1 heterocycles. The fourth-order valence-electron chi connectivity index (χ4n) is 2.49. The van der Waals surface area contributed by atoms with Crippen molar-refractivity contribution >= 4 is 10.0 Å². The summed E-state index contributed by atoms with van der Waals surface area (Å²) in [7, 11) is -4.01. The second-order valence-corrected chi connectivity index (χ2v) is 7.40. The average Bonchev–Trinajstić information content (AvgIpc) is 2.99. The second kappa shape index (κ2) is 6.94. The molecule has 0 atom stereocenters. The number of aliphatic hydroxyl groups is 1. The third kappa shape index (κ3) is 3.79. The molecule has 0 aliphatic carbocycles. The molecule has 3 N–H and O–H groups in total. The fourth-order valence-corrected chi connectivity index (χ4v) is 3.02. The molecule has 7 nitrogen and oxygen atoms in total. The molecule has 1 aromatic heterocycles. The Morgan fingerprint density at radius 2 is 1.88 bits per heavy atom. The third-order valence-corrected chi connectivity index (χ3v) is 4.73. The molecule has 0 unspecified atom stereocenters. The Labute approximate surface area is 150 Å². The second-order valence-electron chi connectivity index (χ2n) is 5.83. The number of nitrogens with two attached hydrogens (primary N) is 1. The highest BCUT2D eigenvalue weighted by Crippen LogP contribution is 2.20. The van der Waals surface area contributed by atoms with Crippen LogP contribution in [0.25, 0.3) is 5.69 Å². The Morgan fingerprint density at radius 3 is 2.46 bits per heavy atom. The van der Waals surface area contributed by atoms with Crippen molar-refractivity contribution in [3.05, 3.63) is 71.1 Å². The molecule has 0 saturated carbocycles. The van der Waals surface area contributed by atoms with Crippen LogP contribution in [0, 0.1) is 12.7 Å². The summed E-state index contributed by atoms with van der Waals surface area (Å²) >= 11 is 0. The lowest BCUT2D eigenvalue weighted by Gasteiger charge is -2.08. The molecule has 9 heteroatoms. The van der Waals surface area contributed by atoms with Gasteiger partial charge in [0.25, 0.3) is 0 Å². The van der Waals surface area contributed by atoms with Crippen molar-refractivity contribution < 1.29 is 17.9 Å². The number of hydrogen-bond acceptors (Lipinski definition) is 5. The summed E-state index contributed by atoms with van der Waals surface area (Å²) in [6, 6.07) is 11.0. The van der Waals surface area contributed by atoms with Gasteiger partial charge in [0, 0.05) is 6.42 Å². The summed E-state index contributed by atoms with van der Waals surface area (Å²) in [5, 5.41) is 18.4. The van der Waals surface area contributed by atoms with Crippen molar-refractivity contribution in [1.29, 1.82) is 0 Å². The van der Waals surface area contributed by atoms with Gasteiger partial charge in [0.1, 0.15) is 23.9 Å². The fraction of sp³-hybridized carbons (Fsp3) is 0.176. The van der Waals surface area contributed by atoms with E-state index in [1.54, 1.807) is 0 Å². The normalized spacial score (nSPS) is 11.7. The van der Waals surface area contributed by atoms with Crippen molar-refractivity contribution in [2.45, 2.75) is 24.8 Å². The molecule has 0 saturated heterocycles. The zero-order valence-corrected chi connectivity index (χ0v) is 14.7. The number of aromatic nitrogens is 3. The number of aryl methyl sites for hydroxylation is 1. The van der Waals surface area contributed by atoms with E-state index in [4.69, 9.17) is 5.14 Å². The smallest absolute Gasteiger partial charge is 0.238 e. The highest BCUT2D eigenvalue weighted by molar-refractivity contribution is 7.89. The SMILES string of the molecule is Cc1ccc(Cc2nc(CO)nn2-c2ccc(S(N)(=O)=O)cc2F)cc1. The molecular weight excluding hydrogens is 359 g/mol. The number of sulfonamides is 1. The summed E-state index contributed by atoms with van der Waals surface area (Å²) in [5.41, 5.74) is 2.07. The molecule has 0 radical (unpaired) electrons. The van der Waals surface area contributed by atoms with Gasteiger partial charge in [-0.1, -0.05) is 29.8 Å². The highest BCUT2D eigenvalue weighted by Gasteiger charge is 2.17. The van der Waals surface area contributed by atoms with Gasteiger partial charge in [-0.3, -0.25) is 0 Å². The van der Waals surface area contributed by atoms with Crippen LogP contribution in [0.5, 0.6) is 0 Å². The van der Waals surface area contributed by atoms with Crippen LogP contribution in [0.4, 0.5) is 4.39 Å². The van der Waals surface area contributed by atoms with E-state index in [2.05, 4.69) is 10.1 Å². The third-order valence-electron chi connectivity index (χ3n) is 3.82. The summed E-state index contributed by atoms with van der Waals surface area (Å²) in [4.78, 5) is 3.90. The topological polar surface area (TPSA) is 111 Å². The van der Waals surface area contributed by atoms with Gasteiger partial charge in [0.05, 0.1) is 4.90 Å². The number of rotatable bonds is 5. The van der Waals surface area contributed by atoms with Crippen molar-refractivity contribution in [2.24, 2.45) is 5.14 Å². The van der Waals surface area contributed by atoms with E-state index in [9.17, 15) is 17.9 Å². The number of primary sulfonamides is 1. The van der Waals surface area contributed by atoms with Gasteiger partial charge in [0.2, 0.25) is 10.0 Å². The van der Waals surface area contributed by atoms with Gasteiger partial charge in [-0.05, 0) is 30.7 Å². The summed E-state index contributed by atoms with van der Waals surface area (Å²) < 4.78 is 38.5. The van der Waals surface area contributed by atoms with E-state index in [0.717, 1.165) is 17.2 Å². The first-order valence-electron chi connectivity index (χ1n) is 7.72. The van der Waals surface area contributed by atoms with Crippen LogP contribution in [0.1, 0.15) is 22.8 Å². The maximum atomic E-state index is 14.5. The van der Waals surface area contributed by atoms with Crippen LogP contribution < -0.4 is 5.14 Å². The molecule has 0 spiro atoms. The standard InChI is InChI=1S/C17H17FN4O3S/c1-11-2-4-12(5-3-11)8-17-20-16(10-23)21-22(17)15-7-6-13(9-14(15)18)26(19,24)25/h2-7,9,23H,8,10H2,1H3,(H2,19,24,25). The zero-order chi connectivity index (χ0) is 18.9. The Balaban J connectivity index is 2.04. The molecule has 3 rings (SSSR count). The zero-order valence-electron chi connectivity index (χ0n) is 13.9. The van der Waals surface area contributed by atoms with Crippen molar-refractivity contribution in [3.8, 4) is 5.69 Å². The number of benzene rings is 2. The number of aliphatic hydroxyl groups excluding tert-OH is 1. The van der Waals surface area contributed by atoms with Crippen LogP contribution in [0.15, 0.2) is 47.4 Å². The first-order valence-corrected chi connectivity index (χ1v) is 9.26. The molecule has 3 aromatic rings. The summed E-state index contributed by atoms with van der Waals surface area (Å²) in [5.74, 6) is -0.252. The first-order chi connectivity index (χ1) is 12.3. The van der Waals surface area contributed by atoms with Gasteiger partial charge in [-0.2, -0.15) is 0 Å². The van der Waals surface area contributed by atoms with Crippen LogP contribution >= 0.6 is 0 Å². The maximum Gasteiger partial charge on any atom is 0.238 e. The predicted octanol–water partition coefficient (Wildman–Crippen LogP) is 1.45. The molecule has 2 aromatic carbocycles. The minimum Gasteiger partial charge on any atom is -0.388 e. The lowest BCUT2D eigenvalue weighted by Crippen LogP contribution is -2.13. The molecule has 0 aliphatic heterocycles. The summed E-state index contributed by atoms with van der Waals surface area (Å²) in [6.07, 6.45) is 0.365. The van der Waals surface area contributed by atoms with Gasteiger partial charge < -0.3 is 5.11 Å². The Morgan fingerprint density at radius 1 is 1.19 bits per heavy atom. The van der Waals surface area contributed by atoms with Gasteiger partial charge in [-0.15, -0.1) is 5.10 Å². The van der Waals surface area contributed by atoms with Crippen molar-refractivity contribution in [2.75, 3.05) is 0 Å². The monoisotopic (exact) mass is 376 g/mol. The minimum absolute atomic E-state index is 0.0201. The number of hydrogen-bond donors (Lipinski definition) is 2. The highest BCUT2D eigenvalue weighted by atomic mass is 32.2. The largest absolute Gasteiger partial charge is 0.388 e. The predicted molar refractivity (Wildman–Crippen MR) is 92.6 cm³/mol. The molecule has 0 amide bonds. The molecule has 136 valence electrons. The van der Waals surface area contributed by atoms with E-state index < -0.39 is 22.4 Å². The molecule has 26 heavy (non-hydrogen) atoms. The Kier molecular flexibility index (Phi) is 4.86. The Hall–Kier alpha value is -2.62. The summed E-state index contributed by atoms with van der Waals surface area (Å²) in [6.45, 7) is 1.57. The van der Waals surface area contributed by atoms with E-state index in [1.165, 1.54) is 16.8 Å². The first kappa shape index (κ1) is 18.2. The van der Waals surface area contributed by atoms with Gasteiger partial charge in [-0.25, -0.2) is 27.6 Å². The van der Waals surface area contributed by atoms with E-state index in [1.807, 2.05) is 31.2 Å². The van der Waals surface area contributed by atoms with Gasteiger partial charge in [0.15, 0.2) is 5.82 Å². The quantitative estimate of drug-likeness (QED) is 0.700. The average molecular weight is 376 g/mol. The molecule has 0 bridgehead atoms. The van der Waals surface area contributed by atoms with Crippen LogP contribution in [0.2, 0.25) is 0 Å². The number of halogens is 1. The van der Waals surface area contributed by atoms with E-state index in [0.29, 0.717) is 12.2 Å². The lowest BCUT2D eigenvalue weighted by atomic mass is 10.1. The maximum absolute atomic E-state index is 14.5. The Bertz CT molecular complexity index is 1050. The lowest BCUT2D eigenvalue weighted by molar-refractivity contribution is 0.271. The minimum atomic E-state index is -4.01. The van der Waals surface area contributed by atoms with E-state index in [-0.39, 0.29) is 16.4 Å². The van der Waals surface area contributed by atoms with Crippen molar-refractivity contribution in [1.82, 2.24) is 14.8 Å². The van der Waals surface area contributed by atoms with Crippen molar-refractivity contribution in [3.63, 3.8) is 0 Å². The van der Waals surface area contributed by atoms with E-state index >= 15 is 0 Å². The van der Waals surface area contributed by atoms with Crippen LogP contribution in [-0.4, -0.2) is 28.3 Å². The molecule has 0 fully saturated rings. The molecular formula is C17H17FN4O3S. The van der Waals surface area contributed by atoms with Crippen LogP contribution in [-0.2, 0) is 23.1 Å². The van der Waals surface area contributed by atoms with Gasteiger partial charge >= 0.3 is 0 Å². The molecule has 0 aliphatic rings.